The van der Waals surface area contributed by atoms with E-state index in [9.17, 15) is 0 Å². The van der Waals surface area contributed by atoms with E-state index in [0.29, 0.717) is 21.7 Å². The molecule has 0 atom stereocenters. The Morgan fingerprint density at radius 2 is 2.00 bits per heavy atom. The molecule has 0 unspecified atom stereocenters. The van der Waals surface area contributed by atoms with E-state index in [1.54, 1.807) is 13.2 Å². The lowest BCUT2D eigenvalue weighted by atomic mass is 10.3. The van der Waals surface area contributed by atoms with Gasteiger partial charge in [0.1, 0.15) is 17.4 Å². The normalized spacial score (nSPS) is 10.3. The first-order chi connectivity index (χ1) is 10.2. The topological polar surface area (TPSA) is 59.1 Å². The second-order valence-electron chi connectivity index (χ2n) is 4.13. The Morgan fingerprint density at radius 3 is 2.62 bits per heavy atom. The Labute approximate surface area is 133 Å². The van der Waals surface area contributed by atoms with Gasteiger partial charge < -0.3 is 15.4 Å². The van der Waals surface area contributed by atoms with Crippen molar-refractivity contribution < 1.29 is 4.74 Å². The van der Waals surface area contributed by atoms with Crippen LogP contribution in [0.3, 0.4) is 0 Å². The van der Waals surface area contributed by atoms with Crippen molar-refractivity contribution in [1.82, 2.24) is 9.97 Å². The minimum absolute atomic E-state index is 0.550. The summed E-state index contributed by atoms with van der Waals surface area (Å²) < 4.78 is 5.14. The molecule has 112 valence electrons. The molecule has 0 saturated carbocycles. The number of anilines is 3. The Kier molecular flexibility index (Phi) is 5.52. The number of benzene rings is 1. The quantitative estimate of drug-likeness (QED) is 0.618. The van der Waals surface area contributed by atoms with Crippen molar-refractivity contribution in [1.29, 1.82) is 0 Å². The number of hydrogen-bond donors (Lipinski definition) is 2. The van der Waals surface area contributed by atoms with Gasteiger partial charge in [-0.3, -0.25) is 0 Å². The summed E-state index contributed by atoms with van der Waals surface area (Å²) >= 11 is 7.62. The molecule has 1 heterocycles. The van der Waals surface area contributed by atoms with Crippen molar-refractivity contribution in [2.75, 3.05) is 30.5 Å². The lowest BCUT2D eigenvalue weighted by Crippen LogP contribution is -2.03. The summed E-state index contributed by atoms with van der Waals surface area (Å²) in [6.45, 7) is 2.83. The van der Waals surface area contributed by atoms with Crippen molar-refractivity contribution >= 4 is 40.7 Å². The average Bonchev–Trinajstić information content (AvgIpc) is 2.47. The van der Waals surface area contributed by atoms with E-state index in [2.05, 4.69) is 20.6 Å². The number of thioether (sulfide) groups is 1. The number of nitrogens with one attached hydrogen (secondary N) is 2. The Hall–Kier alpha value is -1.66. The highest BCUT2D eigenvalue weighted by Crippen LogP contribution is 2.29. The van der Waals surface area contributed by atoms with Gasteiger partial charge in [0.2, 0.25) is 0 Å². The van der Waals surface area contributed by atoms with Crippen LogP contribution in [0.1, 0.15) is 6.92 Å². The summed E-state index contributed by atoms with van der Waals surface area (Å²) in [7, 11) is 1.59. The third-order valence-corrected chi connectivity index (χ3v) is 3.51. The lowest BCUT2D eigenvalue weighted by molar-refractivity contribution is 0.415. The van der Waals surface area contributed by atoms with Crippen LogP contribution >= 0.6 is 23.4 Å². The van der Waals surface area contributed by atoms with Crippen LogP contribution in [-0.2, 0) is 0 Å². The van der Waals surface area contributed by atoms with Gasteiger partial charge in [0.25, 0.3) is 0 Å². The van der Waals surface area contributed by atoms with Crippen molar-refractivity contribution in [2.24, 2.45) is 0 Å². The molecular weight excluding hydrogens is 308 g/mol. The van der Waals surface area contributed by atoms with E-state index in [-0.39, 0.29) is 0 Å². The molecule has 1 aromatic heterocycles. The second-order valence-corrected chi connectivity index (χ2v) is 5.31. The van der Waals surface area contributed by atoms with E-state index in [4.69, 9.17) is 16.3 Å². The average molecular weight is 325 g/mol. The zero-order valence-electron chi connectivity index (χ0n) is 12.1. The summed E-state index contributed by atoms with van der Waals surface area (Å²) in [5.74, 6) is 2.15. The number of methoxy groups -OCH3 is 1. The van der Waals surface area contributed by atoms with Gasteiger partial charge in [0, 0.05) is 18.3 Å². The molecular formula is C14H17ClN4OS. The molecule has 5 nitrogen and oxygen atoms in total. The summed E-state index contributed by atoms with van der Waals surface area (Å²) in [6.07, 6.45) is 1.94. The third kappa shape index (κ3) is 4.15. The van der Waals surface area contributed by atoms with Gasteiger partial charge in [-0.15, -0.1) is 0 Å². The van der Waals surface area contributed by atoms with Gasteiger partial charge in [0.15, 0.2) is 5.16 Å². The fraction of sp³-hybridized carbons (Fsp3) is 0.286. The minimum atomic E-state index is 0.550. The van der Waals surface area contributed by atoms with E-state index >= 15 is 0 Å². The smallest absolute Gasteiger partial charge is 0.191 e. The van der Waals surface area contributed by atoms with Crippen molar-refractivity contribution in [3.8, 4) is 5.75 Å². The highest BCUT2D eigenvalue weighted by atomic mass is 35.5. The van der Waals surface area contributed by atoms with Gasteiger partial charge in [-0.1, -0.05) is 23.4 Å². The first kappa shape index (κ1) is 15.7. The molecule has 0 aliphatic carbocycles. The van der Waals surface area contributed by atoms with Gasteiger partial charge in [0.05, 0.1) is 12.1 Å². The second kappa shape index (κ2) is 7.38. The summed E-state index contributed by atoms with van der Waals surface area (Å²) in [6, 6.07) is 7.36. The zero-order chi connectivity index (χ0) is 15.2. The van der Waals surface area contributed by atoms with Crippen LogP contribution < -0.4 is 15.4 Å². The minimum Gasteiger partial charge on any atom is -0.495 e. The van der Waals surface area contributed by atoms with Gasteiger partial charge >= 0.3 is 0 Å². The predicted molar refractivity (Wildman–Crippen MR) is 89.3 cm³/mol. The third-order valence-electron chi connectivity index (χ3n) is 2.67. The Balaban J connectivity index is 2.25. The maximum atomic E-state index is 6.12. The van der Waals surface area contributed by atoms with Crippen LogP contribution in [-0.4, -0.2) is 29.9 Å². The lowest BCUT2D eigenvalue weighted by Gasteiger charge is -2.11. The molecule has 0 saturated heterocycles. The Bertz CT molecular complexity index is 624. The maximum absolute atomic E-state index is 6.12. The molecule has 2 aromatic rings. The first-order valence-electron chi connectivity index (χ1n) is 6.43. The van der Waals surface area contributed by atoms with Crippen molar-refractivity contribution in [3.05, 3.63) is 29.3 Å². The molecule has 0 bridgehead atoms. The number of hydrogen-bond acceptors (Lipinski definition) is 6. The van der Waals surface area contributed by atoms with Crippen LogP contribution in [0, 0.1) is 0 Å². The largest absolute Gasteiger partial charge is 0.495 e. The summed E-state index contributed by atoms with van der Waals surface area (Å²) in [4.78, 5) is 8.81. The van der Waals surface area contributed by atoms with Crippen LogP contribution in [0.25, 0.3) is 0 Å². The van der Waals surface area contributed by atoms with E-state index < -0.39 is 0 Å². The van der Waals surface area contributed by atoms with Crippen LogP contribution in [0.2, 0.25) is 5.02 Å². The molecule has 21 heavy (non-hydrogen) atoms. The molecule has 0 aliphatic rings. The molecule has 0 aliphatic heterocycles. The summed E-state index contributed by atoms with van der Waals surface area (Å²) in [5.41, 5.74) is 0.842. The fourth-order valence-electron chi connectivity index (χ4n) is 1.74. The number of nitrogens with zero attached hydrogens (tertiary/aromatic N) is 2. The van der Waals surface area contributed by atoms with Gasteiger partial charge in [-0.05, 0) is 31.4 Å². The standard InChI is InChI=1S/C14H17ClN4OS/c1-4-16-12-8-13(19-14(18-12)21-3)17-9-5-6-11(20-2)10(15)7-9/h5-8H,4H2,1-3H3,(H2,16,17,18,19). The molecule has 0 spiro atoms. The first-order valence-corrected chi connectivity index (χ1v) is 8.04. The molecule has 2 N–H and O–H groups in total. The van der Waals surface area contributed by atoms with Crippen molar-refractivity contribution in [3.63, 3.8) is 0 Å². The fourth-order valence-corrected chi connectivity index (χ4v) is 2.38. The van der Waals surface area contributed by atoms with Crippen LogP contribution in [0.5, 0.6) is 5.75 Å². The summed E-state index contributed by atoms with van der Waals surface area (Å²) in [5, 5.41) is 7.67. The molecule has 7 heteroatoms. The van der Waals surface area contributed by atoms with Gasteiger partial charge in [-0.25, -0.2) is 9.97 Å². The molecule has 0 amide bonds. The number of aromatic nitrogens is 2. The molecule has 0 radical (unpaired) electrons. The highest BCUT2D eigenvalue weighted by molar-refractivity contribution is 7.98. The van der Waals surface area contributed by atoms with Gasteiger partial charge in [-0.2, -0.15) is 0 Å². The number of halogens is 1. The Morgan fingerprint density at radius 1 is 1.24 bits per heavy atom. The molecule has 2 rings (SSSR count). The van der Waals surface area contributed by atoms with Crippen LogP contribution in [0.15, 0.2) is 29.4 Å². The van der Waals surface area contributed by atoms with Crippen LogP contribution in [0.4, 0.5) is 17.3 Å². The van der Waals surface area contributed by atoms with E-state index in [1.807, 2.05) is 31.4 Å². The molecule has 1 aromatic carbocycles. The highest BCUT2D eigenvalue weighted by Gasteiger charge is 2.06. The number of rotatable bonds is 6. The SMILES string of the molecule is CCNc1cc(Nc2ccc(OC)c(Cl)c2)nc(SC)n1. The monoisotopic (exact) mass is 324 g/mol. The molecule has 0 fully saturated rings. The predicted octanol–water partition coefficient (Wildman–Crippen LogP) is 4.04. The maximum Gasteiger partial charge on any atom is 0.191 e. The van der Waals surface area contributed by atoms with E-state index in [0.717, 1.165) is 18.1 Å². The van der Waals surface area contributed by atoms with Crippen molar-refractivity contribution in [2.45, 2.75) is 12.1 Å². The zero-order valence-corrected chi connectivity index (χ0v) is 13.7. The number of ether oxygens (including phenoxy) is 1. The van der Waals surface area contributed by atoms with E-state index in [1.165, 1.54) is 11.8 Å².